The summed E-state index contributed by atoms with van der Waals surface area (Å²) in [7, 11) is 0. The van der Waals surface area contributed by atoms with Crippen LogP contribution in [0.15, 0.2) is 36.9 Å². The standard InChI is InChI=1S/C10H11ClO2/c1-2-9(12)7-13-10-5-3-8(11)4-6-10/h2-6,9,12H,1,7H2. The van der Waals surface area contributed by atoms with Gasteiger partial charge in [0, 0.05) is 5.02 Å². The summed E-state index contributed by atoms with van der Waals surface area (Å²) in [6.45, 7) is 3.65. The number of hydrogen-bond donors (Lipinski definition) is 1. The fourth-order valence-corrected chi connectivity index (χ4v) is 0.906. The van der Waals surface area contributed by atoms with Gasteiger partial charge in [0.25, 0.3) is 0 Å². The van der Waals surface area contributed by atoms with Crippen LogP contribution in [0.1, 0.15) is 0 Å². The molecule has 1 N–H and O–H groups in total. The molecule has 0 bridgehead atoms. The Morgan fingerprint density at radius 3 is 2.62 bits per heavy atom. The first-order valence-electron chi connectivity index (χ1n) is 3.91. The van der Waals surface area contributed by atoms with Crippen LogP contribution in [0.4, 0.5) is 0 Å². The average Bonchev–Trinajstić information content (AvgIpc) is 2.16. The van der Waals surface area contributed by atoms with E-state index in [0.717, 1.165) is 0 Å². The minimum atomic E-state index is -0.629. The zero-order valence-electron chi connectivity index (χ0n) is 7.11. The molecule has 1 aromatic carbocycles. The molecule has 1 unspecified atom stereocenters. The first-order valence-corrected chi connectivity index (χ1v) is 4.29. The van der Waals surface area contributed by atoms with E-state index in [1.165, 1.54) is 6.08 Å². The molecule has 0 fully saturated rings. The molecule has 70 valence electrons. The molecule has 13 heavy (non-hydrogen) atoms. The molecule has 0 amide bonds. The third-order valence-corrected chi connectivity index (χ3v) is 1.76. The van der Waals surface area contributed by atoms with Gasteiger partial charge in [0.1, 0.15) is 18.5 Å². The summed E-state index contributed by atoms with van der Waals surface area (Å²) in [5.41, 5.74) is 0. The van der Waals surface area contributed by atoms with Crippen molar-refractivity contribution in [1.82, 2.24) is 0 Å². The molecular formula is C10H11ClO2. The van der Waals surface area contributed by atoms with Crippen molar-refractivity contribution in [3.05, 3.63) is 41.9 Å². The Hall–Kier alpha value is -0.990. The van der Waals surface area contributed by atoms with Gasteiger partial charge in [0.2, 0.25) is 0 Å². The van der Waals surface area contributed by atoms with Gasteiger partial charge in [-0.25, -0.2) is 0 Å². The Morgan fingerprint density at radius 1 is 1.46 bits per heavy atom. The lowest BCUT2D eigenvalue weighted by atomic mass is 10.3. The monoisotopic (exact) mass is 198 g/mol. The molecule has 3 heteroatoms. The predicted molar refractivity (Wildman–Crippen MR) is 53.2 cm³/mol. The van der Waals surface area contributed by atoms with Gasteiger partial charge in [0.05, 0.1) is 0 Å². The minimum Gasteiger partial charge on any atom is -0.491 e. The van der Waals surface area contributed by atoms with Crippen molar-refractivity contribution < 1.29 is 9.84 Å². The molecule has 0 saturated heterocycles. The fraction of sp³-hybridized carbons (Fsp3) is 0.200. The zero-order chi connectivity index (χ0) is 9.68. The van der Waals surface area contributed by atoms with E-state index in [9.17, 15) is 0 Å². The molecule has 1 rings (SSSR count). The number of ether oxygens (including phenoxy) is 1. The molecule has 0 saturated carbocycles. The quantitative estimate of drug-likeness (QED) is 0.753. The topological polar surface area (TPSA) is 29.5 Å². The first kappa shape index (κ1) is 10.1. The van der Waals surface area contributed by atoms with Crippen molar-refractivity contribution >= 4 is 11.6 Å². The van der Waals surface area contributed by atoms with Crippen molar-refractivity contribution in [2.45, 2.75) is 6.10 Å². The van der Waals surface area contributed by atoms with E-state index in [1.54, 1.807) is 24.3 Å². The molecule has 2 nitrogen and oxygen atoms in total. The molecule has 0 radical (unpaired) electrons. The second-order valence-corrected chi connectivity index (χ2v) is 3.00. The summed E-state index contributed by atoms with van der Waals surface area (Å²) >= 11 is 5.68. The highest BCUT2D eigenvalue weighted by atomic mass is 35.5. The summed E-state index contributed by atoms with van der Waals surface area (Å²) in [5.74, 6) is 0.685. The number of aliphatic hydroxyl groups excluding tert-OH is 1. The average molecular weight is 199 g/mol. The van der Waals surface area contributed by atoms with Gasteiger partial charge < -0.3 is 9.84 Å². The smallest absolute Gasteiger partial charge is 0.119 e. The fourth-order valence-electron chi connectivity index (χ4n) is 0.780. The van der Waals surface area contributed by atoms with Gasteiger partial charge in [-0.15, -0.1) is 6.58 Å². The van der Waals surface area contributed by atoms with E-state index in [0.29, 0.717) is 10.8 Å². The predicted octanol–water partition coefficient (Wildman–Crippen LogP) is 2.27. The van der Waals surface area contributed by atoms with Gasteiger partial charge in [-0.1, -0.05) is 17.7 Å². The van der Waals surface area contributed by atoms with Crippen LogP contribution in [0.2, 0.25) is 5.02 Å². The van der Waals surface area contributed by atoms with Crippen LogP contribution < -0.4 is 4.74 Å². The second kappa shape index (κ2) is 4.90. The van der Waals surface area contributed by atoms with Gasteiger partial charge in [-0.05, 0) is 24.3 Å². The molecule has 1 aromatic rings. The van der Waals surface area contributed by atoms with E-state index < -0.39 is 6.10 Å². The molecule has 0 aliphatic rings. The van der Waals surface area contributed by atoms with Crippen LogP contribution in [-0.4, -0.2) is 17.8 Å². The maximum Gasteiger partial charge on any atom is 0.119 e. The third-order valence-electron chi connectivity index (χ3n) is 1.51. The lowest BCUT2D eigenvalue weighted by Gasteiger charge is -2.07. The lowest BCUT2D eigenvalue weighted by Crippen LogP contribution is -2.13. The lowest BCUT2D eigenvalue weighted by molar-refractivity contribution is 0.145. The van der Waals surface area contributed by atoms with E-state index in [1.807, 2.05) is 0 Å². The highest BCUT2D eigenvalue weighted by Crippen LogP contribution is 2.15. The van der Waals surface area contributed by atoms with Crippen LogP contribution in [0.5, 0.6) is 5.75 Å². The summed E-state index contributed by atoms with van der Waals surface area (Å²) < 4.78 is 5.23. The normalized spacial score (nSPS) is 12.2. The third kappa shape index (κ3) is 3.49. The second-order valence-electron chi connectivity index (χ2n) is 2.57. The van der Waals surface area contributed by atoms with E-state index >= 15 is 0 Å². The number of hydrogen-bond acceptors (Lipinski definition) is 2. The van der Waals surface area contributed by atoms with Crippen LogP contribution in [-0.2, 0) is 0 Å². The highest BCUT2D eigenvalue weighted by molar-refractivity contribution is 6.30. The molecule has 1 atom stereocenters. The van der Waals surface area contributed by atoms with E-state index in [2.05, 4.69) is 6.58 Å². The van der Waals surface area contributed by atoms with E-state index in [4.69, 9.17) is 21.4 Å². The largest absolute Gasteiger partial charge is 0.491 e. The van der Waals surface area contributed by atoms with Crippen LogP contribution in [0.3, 0.4) is 0 Å². The van der Waals surface area contributed by atoms with Crippen molar-refractivity contribution in [2.24, 2.45) is 0 Å². The molecule has 0 spiro atoms. The SMILES string of the molecule is C=CC(O)COc1ccc(Cl)cc1. The van der Waals surface area contributed by atoms with Crippen LogP contribution >= 0.6 is 11.6 Å². The molecule has 0 aromatic heterocycles. The van der Waals surface area contributed by atoms with Gasteiger partial charge in [-0.2, -0.15) is 0 Å². The Kier molecular flexibility index (Phi) is 3.80. The van der Waals surface area contributed by atoms with Crippen molar-refractivity contribution in [3.63, 3.8) is 0 Å². The molecule has 0 aliphatic carbocycles. The van der Waals surface area contributed by atoms with E-state index in [-0.39, 0.29) is 6.61 Å². The molecular weight excluding hydrogens is 188 g/mol. The Labute approximate surface area is 82.4 Å². The van der Waals surface area contributed by atoms with Gasteiger partial charge in [0.15, 0.2) is 0 Å². The van der Waals surface area contributed by atoms with Crippen molar-refractivity contribution in [2.75, 3.05) is 6.61 Å². The Morgan fingerprint density at radius 2 is 2.08 bits per heavy atom. The number of halogens is 1. The summed E-state index contributed by atoms with van der Waals surface area (Å²) in [4.78, 5) is 0. The van der Waals surface area contributed by atoms with Gasteiger partial charge >= 0.3 is 0 Å². The van der Waals surface area contributed by atoms with Gasteiger partial charge in [-0.3, -0.25) is 0 Å². The summed E-state index contributed by atoms with van der Waals surface area (Å²) in [6.07, 6.45) is 0.798. The number of benzene rings is 1. The van der Waals surface area contributed by atoms with Crippen molar-refractivity contribution in [1.29, 1.82) is 0 Å². The molecule has 0 aliphatic heterocycles. The van der Waals surface area contributed by atoms with Crippen LogP contribution in [0.25, 0.3) is 0 Å². The number of rotatable bonds is 4. The highest BCUT2D eigenvalue weighted by Gasteiger charge is 1.98. The Bertz CT molecular complexity index is 269. The summed E-state index contributed by atoms with van der Waals surface area (Å²) in [5, 5.41) is 9.77. The molecule has 0 heterocycles. The first-order chi connectivity index (χ1) is 6.22. The Balaban J connectivity index is 2.45. The minimum absolute atomic E-state index is 0.213. The maximum atomic E-state index is 9.10. The van der Waals surface area contributed by atoms with Crippen molar-refractivity contribution in [3.8, 4) is 5.75 Å². The zero-order valence-corrected chi connectivity index (χ0v) is 7.87. The number of aliphatic hydroxyl groups is 1. The van der Waals surface area contributed by atoms with Crippen LogP contribution in [0, 0.1) is 0 Å². The maximum absolute atomic E-state index is 9.10. The summed E-state index contributed by atoms with van der Waals surface area (Å²) in [6, 6.07) is 6.96.